The number of amides is 1. The molecule has 3 N–H and O–H groups in total. The average Bonchev–Trinajstić information content (AvgIpc) is 2.27. The minimum Gasteiger partial charge on any atom is -0.356 e. The topological polar surface area (TPSA) is 55.1 Å². The van der Waals surface area contributed by atoms with Gasteiger partial charge >= 0.3 is 0 Å². The van der Waals surface area contributed by atoms with Crippen LogP contribution >= 0.6 is 0 Å². The molecule has 0 aromatic heterocycles. The highest BCUT2D eigenvalue weighted by Gasteiger charge is 2.29. The van der Waals surface area contributed by atoms with Crippen LogP contribution in [-0.2, 0) is 4.79 Å². The molecule has 0 bridgehead atoms. The van der Waals surface area contributed by atoms with Crippen molar-refractivity contribution in [2.45, 2.75) is 58.9 Å². The van der Waals surface area contributed by atoms with E-state index in [0.29, 0.717) is 12.0 Å². The van der Waals surface area contributed by atoms with Gasteiger partial charge < -0.3 is 11.1 Å². The fourth-order valence-corrected chi connectivity index (χ4v) is 2.52. The molecular formula is C14H28N2O. The lowest BCUT2D eigenvalue weighted by molar-refractivity contribution is -0.126. The maximum atomic E-state index is 11.9. The van der Waals surface area contributed by atoms with Crippen molar-refractivity contribution in [1.29, 1.82) is 0 Å². The van der Waals surface area contributed by atoms with Crippen LogP contribution < -0.4 is 11.1 Å². The third kappa shape index (κ3) is 5.07. The van der Waals surface area contributed by atoms with E-state index in [1.807, 2.05) is 0 Å². The number of nitrogens with one attached hydrogen (secondary N) is 1. The van der Waals surface area contributed by atoms with E-state index in [4.69, 9.17) is 5.73 Å². The van der Waals surface area contributed by atoms with E-state index in [9.17, 15) is 4.79 Å². The average molecular weight is 240 g/mol. The fourth-order valence-electron chi connectivity index (χ4n) is 2.52. The summed E-state index contributed by atoms with van der Waals surface area (Å²) in [6.45, 7) is 7.41. The first-order valence-corrected chi connectivity index (χ1v) is 7.04. The molecule has 1 saturated carbocycles. The molecule has 0 aliphatic heterocycles. The van der Waals surface area contributed by atoms with E-state index in [2.05, 4.69) is 26.1 Å². The Kier molecular flexibility index (Phi) is 5.96. The summed E-state index contributed by atoms with van der Waals surface area (Å²) in [6, 6.07) is 0.292. The molecule has 0 spiro atoms. The molecule has 100 valence electrons. The molecule has 1 fully saturated rings. The van der Waals surface area contributed by atoms with Crippen molar-refractivity contribution >= 4 is 5.91 Å². The van der Waals surface area contributed by atoms with Gasteiger partial charge in [-0.15, -0.1) is 0 Å². The van der Waals surface area contributed by atoms with E-state index in [-0.39, 0.29) is 11.8 Å². The highest BCUT2D eigenvalue weighted by Crippen LogP contribution is 2.27. The number of carbonyl (C=O) groups excluding carboxylic acids is 1. The number of carbonyl (C=O) groups is 1. The predicted molar refractivity (Wildman–Crippen MR) is 71.6 cm³/mol. The Balaban J connectivity index is 2.19. The molecule has 0 aromatic rings. The van der Waals surface area contributed by atoms with Gasteiger partial charge in [-0.05, 0) is 43.9 Å². The summed E-state index contributed by atoms with van der Waals surface area (Å²) in [7, 11) is 0. The van der Waals surface area contributed by atoms with Crippen molar-refractivity contribution < 1.29 is 4.79 Å². The van der Waals surface area contributed by atoms with Crippen LogP contribution in [0.5, 0.6) is 0 Å². The van der Waals surface area contributed by atoms with Crippen LogP contribution in [0.15, 0.2) is 0 Å². The first-order chi connectivity index (χ1) is 8.00. The van der Waals surface area contributed by atoms with Gasteiger partial charge in [0, 0.05) is 18.5 Å². The highest BCUT2D eigenvalue weighted by molar-refractivity contribution is 5.78. The molecule has 3 unspecified atom stereocenters. The van der Waals surface area contributed by atoms with E-state index in [1.165, 1.54) is 6.42 Å². The summed E-state index contributed by atoms with van der Waals surface area (Å²) in [6.07, 6.45) is 5.18. The van der Waals surface area contributed by atoms with Gasteiger partial charge in [-0.2, -0.15) is 0 Å². The van der Waals surface area contributed by atoms with Crippen LogP contribution in [0.1, 0.15) is 52.9 Å². The van der Waals surface area contributed by atoms with Crippen molar-refractivity contribution in [2.75, 3.05) is 6.54 Å². The second-order valence-electron chi connectivity index (χ2n) is 5.98. The van der Waals surface area contributed by atoms with Gasteiger partial charge in [-0.1, -0.05) is 20.8 Å². The van der Waals surface area contributed by atoms with E-state index >= 15 is 0 Å². The van der Waals surface area contributed by atoms with E-state index < -0.39 is 0 Å². The van der Waals surface area contributed by atoms with Crippen LogP contribution in [0.3, 0.4) is 0 Å². The minimum atomic E-state index is 0.198. The molecule has 3 atom stereocenters. The maximum Gasteiger partial charge on any atom is 0.223 e. The minimum absolute atomic E-state index is 0.198. The molecule has 1 aliphatic rings. The van der Waals surface area contributed by atoms with Crippen LogP contribution in [-0.4, -0.2) is 18.5 Å². The van der Waals surface area contributed by atoms with E-state index in [0.717, 1.165) is 38.1 Å². The maximum absolute atomic E-state index is 11.9. The highest BCUT2D eigenvalue weighted by atomic mass is 16.1. The largest absolute Gasteiger partial charge is 0.356 e. The summed E-state index contributed by atoms with van der Waals surface area (Å²) in [5, 5.41) is 3.06. The van der Waals surface area contributed by atoms with Gasteiger partial charge in [0.2, 0.25) is 5.91 Å². The van der Waals surface area contributed by atoms with Gasteiger partial charge in [0.25, 0.3) is 0 Å². The Bertz CT molecular complexity index is 240. The zero-order chi connectivity index (χ0) is 12.8. The molecule has 1 aliphatic carbocycles. The Labute approximate surface area is 106 Å². The van der Waals surface area contributed by atoms with Crippen LogP contribution in [0.2, 0.25) is 0 Å². The third-order valence-corrected chi connectivity index (χ3v) is 3.86. The zero-order valence-corrected chi connectivity index (χ0v) is 11.5. The first-order valence-electron chi connectivity index (χ1n) is 7.04. The number of hydrogen-bond donors (Lipinski definition) is 2. The second-order valence-corrected chi connectivity index (χ2v) is 5.98. The summed E-state index contributed by atoms with van der Waals surface area (Å²) in [5.41, 5.74) is 5.96. The molecule has 3 nitrogen and oxygen atoms in total. The van der Waals surface area contributed by atoms with Crippen LogP contribution in [0.25, 0.3) is 0 Å². The standard InChI is InChI=1S/C14H28N2O/c1-10(2)5-4-8-16-14(17)12-6-7-13(15)11(3)9-12/h10-13H,4-9,15H2,1-3H3,(H,16,17). The predicted octanol–water partition coefficient (Wildman–Crippen LogP) is 2.30. The lowest BCUT2D eigenvalue weighted by Crippen LogP contribution is -2.40. The van der Waals surface area contributed by atoms with Crippen molar-refractivity contribution in [3.8, 4) is 0 Å². The van der Waals surface area contributed by atoms with E-state index in [1.54, 1.807) is 0 Å². The fraction of sp³-hybridized carbons (Fsp3) is 0.929. The number of rotatable bonds is 5. The summed E-state index contributed by atoms with van der Waals surface area (Å²) in [4.78, 5) is 11.9. The smallest absolute Gasteiger partial charge is 0.223 e. The summed E-state index contributed by atoms with van der Waals surface area (Å²) >= 11 is 0. The lowest BCUT2D eigenvalue weighted by Gasteiger charge is -2.31. The normalized spacial score (nSPS) is 29.4. The Hall–Kier alpha value is -0.570. The third-order valence-electron chi connectivity index (χ3n) is 3.86. The SMILES string of the molecule is CC(C)CCCNC(=O)C1CCC(N)C(C)C1. The van der Waals surface area contributed by atoms with Crippen molar-refractivity contribution in [3.63, 3.8) is 0 Å². The van der Waals surface area contributed by atoms with Crippen molar-refractivity contribution in [3.05, 3.63) is 0 Å². The Morgan fingerprint density at radius 2 is 2.12 bits per heavy atom. The molecule has 17 heavy (non-hydrogen) atoms. The molecule has 1 rings (SSSR count). The molecule has 0 radical (unpaired) electrons. The van der Waals surface area contributed by atoms with Gasteiger partial charge in [-0.25, -0.2) is 0 Å². The van der Waals surface area contributed by atoms with Crippen LogP contribution in [0, 0.1) is 17.8 Å². The van der Waals surface area contributed by atoms with Gasteiger partial charge in [0.1, 0.15) is 0 Å². The number of nitrogens with two attached hydrogens (primary N) is 1. The Morgan fingerprint density at radius 3 is 2.71 bits per heavy atom. The Morgan fingerprint density at radius 1 is 1.41 bits per heavy atom. The van der Waals surface area contributed by atoms with Gasteiger partial charge in [0.15, 0.2) is 0 Å². The molecule has 0 saturated heterocycles. The quantitative estimate of drug-likeness (QED) is 0.725. The summed E-state index contributed by atoms with van der Waals surface area (Å²) in [5.74, 6) is 1.64. The number of hydrogen-bond acceptors (Lipinski definition) is 2. The molecule has 1 amide bonds. The molecule has 3 heteroatoms. The molecule has 0 heterocycles. The molecular weight excluding hydrogens is 212 g/mol. The lowest BCUT2D eigenvalue weighted by atomic mass is 9.79. The van der Waals surface area contributed by atoms with Gasteiger partial charge in [-0.3, -0.25) is 4.79 Å². The molecule has 0 aromatic carbocycles. The van der Waals surface area contributed by atoms with Gasteiger partial charge in [0.05, 0.1) is 0 Å². The monoisotopic (exact) mass is 240 g/mol. The zero-order valence-electron chi connectivity index (χ0n) is 11.5. The second kappa shape index (κ2) is 7.00. The van der Waals surface area contributed by atoms with Crippen molar-refractivity contribution in [1.82, 2.24) is 5.32 Å². The van der Waals surface area contributed by atoms with Crippen LogP contribution in [0.4, 0.5) is 0 Å². The first kappa shape index (κ1) is 14.5. The van der Waals surface area contributed by atoms with Crippen molar-refractivity contribution in [2.24, 2.45) is 23.5 Å². The summed E-state index contributed by atoms with van der Waals surface area (Å²) < 4.78 is 0.